The van der Waals surface area contributed by atoms with Gasteiger partial charge >= 0.3 is 6.03 Å². The van der Waals surface area contributed by atoms with Crippen molar-refractivity contribution in [3.63, 3.8) is 0 Å². The number of anilines is 1. The third-order valence-corrected chi connectivity index (χ3v) is 7.60. The Morgan fingerprint density at radius 2 is 1.92 bits per heavy atom. The number of aldehydes is 1. The molecule has 1 unspecified atom stereocenters. The summed E-state index contributed by atoms with van der Waals surface area (Å²) in [5.41, 5.74) is -1.73. The monoisotopic (exact) mass is 544 g/mol. The number of urea groups is 1. The van der Waals surface area contributed by atoms with E-state index in [0.717, 1.165) is 0 Å². The Hall–Kier alpha value is -4.07. The van der Waals surface area contributed by atoms with Crippen LogP contribution in [0.2, 0.25) is 0 Å². The van der Waals surface area contributed by atoms with E-state index in [1.165, 1.54) is 24.9 Å². The first-order valence-corrected chi connectivity index (χ1v) is 12.6. The lowest BCUT2D eigenvalue weighted by Crippen LogP contribution is -2.68. The molecule has 5 rings (SSSR count). The van der Waals surface area contributed by atoms with Crippen LogP contribution in [0.5, 0.6) is 0 Å². The second kappa shape index (κ2) is 9.59. The molecule has 2 fully saturated rings. The highest BCUT2D eigenvalue weighted by Gasteiger charge is 2.57. The van der Waals surface area contributed by atoms with Crippen LogP contribution in [0, 0.1) is 11.2 Å². The lowest BCUT2D eigenvalue weighted by Gasteiger charge is -2.53. The lowest BCUT2D eigenvalue weighted by molar-refractivity contribution is -0.144. The van der Waals surface area contributed by atoms with Gasteiger partial charge in [-0.15, -0.1) is 0 Å². The van der Waals surface area contributed by atoms with Gasteiger partial charge in [-0.2, -0.15) is 0 Å². The molecule has 5 amide bonds. The maximum Gasteiger partial charge on any atom is 0.321 e. The van der Waals surface area contributed by atoms with Gasteiger partial charge in [0.05, 0.1) is 35.4 Å². The first kappa shape index (κ1) is 26.5. The molecule has 3 N–H and O–H groups in total. The number of nitrogens with one attached hydrogen (secondary N) is 3. The molecule has 0 bridgehead atoms. The Kier molecular flexibility index (Phi) is 6.53. The number of aromatic nitrogens is 1. The van der Waals surface area contributed by atoms with E-state index in [9.17, 15) is 24.0 Å². The summed E-state index contributed by atoms with van der Waals surface area (Å²) in [7, 11) is 1.33. The number of rotatable bonds is 4. The molecule has 4 atom stereocenters. The number of ether oxygens (including phenoxy) is 1. The zero-order chi connectivity index (χ0) is 28.2. The first-order valence-electron chi connectivity index (χ1n) is 12.6. The molecule has 14 heteroatoms. The van der Waals surface area contributed by atoms with Crippen LogP contribution < -0.4 is 20.9 Å². The molecule has 13 nitrogen and oxygen atoms in total. The van der Waals surface area contributed by atoms with Gasteiger partial charge in [0.15, 0.2) is 11.5 Å². The maximum atomic E-state index is 16.1. The van der Waals surface area contributed by atoms with E-state index in [1.54, 1.807) is 18.7 Å². The maximum absolute atomic E-state index is 16.1. The molecule has 4 heterocycles. The summed E-state index contributed by atoms with van der Waals surface area (Å²) in [4.78, 5) is 65.6. The number of likely N-dealkylation sites (tertiary alicyclic amines) is 1. The standard InChI is InChI=1S/C25H29FN6O7/c1-11-7-32-19-14(6-25(10-33,21(32)12(2)38-11)23(36)29-24(37)27-4)5-16-18(30-39-20(16)17(19)26)22(35)31-8-15(9-31)28-13(3)34/h5,10-12,15,21H,6-9H2,1-4H3,(H,28,34)(H2,27,29,36,37)/t11-,12+,21-,25?/m1/s1. The summed E-state index contributed by atoms with van der Waals surface area (Å²) in [5, 5.41) is 11.2. The van der Waals surface area contributed by atoms with Crippen LogP contribution in [0.1, 0.15) is 36.8 Å². The number of hydrogen-bond donors (Lipinski definition) is 3. The molecule has 0 aliphatic carbocycles. The van der Waals surface area contributed by atoms with Crippen molar-refractivity contribution in [2.45, 2.75) is 51.5 Å². The van der Waals surface area contributed by atoms with Crippen molar-refractivity contribution in [2.24, 2.45) is 5.41 Å². The van der Waals surface area contributed by atoms with Gasteiger partial charge in [0, 0.05) is 33.6 Å². The number of amides is 5. The second-order valence-corrected chi connectivity index (χ2v) is 10.3. The van der Waals surface area contributed by atoms with Crippen molar-refractivity contribution in [3.8, 4) is 0 Å². The van der Waals surface area contributed by atoms with Crippen molar-refractivity contribution in [1.29, 1.82) is 0 Å². The van der Waals surface area contributed by atoms with Gasteiger partial charge in [-0.1, -0.05) is 5.16 Å². The fourth-order valence-electron chi connectivity index (χ4n) is 5.99. The lowest BCUT2D eigenvalue weighted by atomic mass is 9.68. The van der Waals surface area contributed by atoms with Gasteiger partial charge in [0.2, 0.25) is 17.4 Å². The van der Waals surface area contributed by atoms with Crippen molar-refractivity contribution in [2.75, 3.05) is 31.6 Å². The fourth-order valence-corrected chi connectivity index (χ4v) is 5.99. The number of nitrogens with zero attached hydrogens (tertiary/aromatic N) is 3. The number of carbonyl (C=O) groups is 5. The van der Waals surface area contributed by atoms with Crippen LogP contribution >= 0.6 is 0 Å². The normalized spacial score (nSPS) is 26.2. The Bertz CT molecular complexity index is 1390. The smallest absolute Gasteiger partial charge is 0.321 e. The summed E-state index contributed by atoms with van der Waals surface area (Å²) in [6, 6.07) is -0.402. The Morgan fingerprint density at radius 1 is 1.21 bits per heavy atom. The van der Waals surface area contributed by atoms with E-state index >= 15 is 4.39 Å². The number of carbonyl (C=O) groups excluding carboxylic acids is 5. The minimum absolute atomic E-state index is 0.0959. The zero-order valence-electron chi connectivity index (χ0n) is 21.9. The van der Waals surface area contributed by atoms with Crippen molar-refractivity contribution in [1.82, 2.24) is 26.0 Å². The fraction of sp³-hybridized carbons (Fsp3) is 0.520. The average molecular weight is 545 g/mol. The van der Waals surface area contributed by atoms with Crippen molar-refractivity contribution in [3.05, 3.63) is 23.1 Å². The topological polar surface area (TPSA) is 163 Å². The number of benzene rings is 1. The van der Waals surface area contributed by atoms with Crippen LogP contribution in [-0.2, 0) is 25.5 Å². The average Bonchev–Trinajstić information content (AvgIpc) is 3.28. The molecule has 1 aromatic carbocycles. The minimum atomic E-state index is -1.80. The van der Waals surface area contributed by atoms with E-state index in [0.29, 0.717) is 6.29 Å². The van der Waals surface area contributed by atoms with Gasteiger partial charge in [-0.3, -0.25) is 19.7 Å². The summed E-state index contributed by atoms with van der Waals surface area (Å²) in [6.07, 6.45) is -0.810. The zero-order valence-corrected chi connectivity index (χ0v) is 21.9. The molecule has 0 radical (unpaired) electrons. The highest BCUT2D eigenvalue weighted by atomic mass is 19.1. The van der Waals surface area contributed by atoms with Gasteiger partial charge in [-0.05, 0) is 31.9 Å². The first-order chi connectivity index (χ1) is 18.5. The number of halogens is 1. The molecule has 3 aliphatic rings. The quantitative estimate of drug-likeness (QED) is 0.358. The van der Waals surface area contributed by atoms with Crippen molar-refractivity contribution < 1.29 is 37.6 Å². The van der Waals surface area contributed by atoms with E-state index in [-0.39, 0.29) is 72.0 Å². The number of hydrogen-bond acceptors (Lipinski definition) is 9. The van der Waals surface area contributed by atoms with Crippen LogP contribution in [0.15, 0.2) is 10.6 Å². The van der Waals surface area contributed by atoms with Crippen LogP contribution in [0.4, 0.5) is 14.9 Å². The Labute approximate surface area is 222 Å². The van der Waals surface area contributed by atoms with Gasteiger partial charge < -0.3 is 34.5 Å². The largest absolute Gasteiger partial charge is 0.372 e. The number of imide groups is 1. The van der Waals surface area contributed by atoms with Gasteiger partial charge in [-0.25, -0.2) is 9.18 Å². The molecule has 2 aromatic rings. The molecular formula is C25H29FN6O7. The molecule has 2 saturated heterocycles. The van der Waals surface area contributed by atoms with Gasteiger partial charge in [0.25, 0.3) is 5.91 Å². The van der Waals surface area contributed by atoms with Gasteiger partial charge in [0.1, 0.15) is 11.7 Å². The van der Waals surface area contributed by atoms with Crippen LogP contribution in [-0.4, -0.2) is 91.1 Å². The van der Waals surface area contributed by atoms with E-state index < -0.39 is 41.2 Å². The molecule has 39 heavy (non-hydrogen) atoms. The summed E-state index contributed by atoms with van der Waals surface area (Å²) < 4.78 is 27.4. The number of fused-ring (bicyclic) bond motifs is 4. The molecular weight excluding hydrogens is 515 g/mol. The molecule has 1 aromatic heterocycles. The Morgan fingerprint density at radius 3 is 2.56 bits per heavy atom. The minimum Gasteiger partial charge on any atom is -0.372 e. The summed E-state index contributed by atoms with van der Waals surface area (Å²) in [6.45, 7) is 5.55. The molecule has 0 spiro atoms. The predicted octanol–water partition coefficient (Wildman–Crippen LogP) is 0.107. The van der Waals surface area contributed by atoms with E-state index in [1.807, 2.05) is 0 Å². The molecule has 3 aliphatic heterocycles. The highest BCUT2D eigenvalue weighted by molar-refractivity contribution is 6.08. The third kappa shape index (κ3) is 4.18. The predicted molar refractivity (Wildman–Crippen MR) is 133 cm³/mol. The second-order valence-electron chi connectivity index (χ2n) is 10.3. The Balaban J connectivity index is 1.59. The molecule has 0 saturated carbocycles. The van der Waals surface area contributed by atoms with E-state index in [4.69, 9.17) is 9.26 Å². The third-order valence-electron chi connectivity index (χ3n) is 7.60. The van der Waals surface area contributed by atoms with Crippen molar-refractivity contribution >= 4 is 46.7 Å². The summed E-state index contributed by atoms with van der Waals surface area (Å²) in [5.74, 6) is -2.34. The SMILES string of the molecule is CNC(=O)NC(=O)C1(C=O)Cc2cc3c(C(=O)N4CC(NC(C)=O)C4)noc3c(F)c2N2C[C@@H](C)O[C@@H](C)[C@@H]21. The van der Waals surface area contributed by atoms with Crippen LogP contribution in [0.25, 0.3) is 11.0 Å². The van der Waals surface area contributed by atoms with Crippen LogP contribution in [0.3, 0.4) is 0 Å². The summed E-state index contributed by atoms with van der Waals surface area (Å²) >= 11 is 0. The number of morpholine rings is 1. The molecule has 208 valence electrons. The highest BCUT2D eigenvalue weighted by Crippen LogP contribution is 2.47. The van der Waals surface area contributed by atoms with E-state index in [2.05, 4.69) is 21.1 Å².